The number of hydrogen-bond acceptors (Lipinski definition) is 3. The maximum atomic E-state index is 11.6. The van der Waals surface area contributed by atoms with Crippen molar-refractivity contribution in [2.24, 2.45) is 5.73 Å². The topological polar surface area (TPSA) is 64.3 Å². The molecule has 1 atom stereocenters. The molecule has 0 radical (unpaired) electrons. The molecule has 0 spiro atoms. The number of fused-ring (bicyclic) bond motifs is 1. The van der Waals surface area contributed by atoms with E-state index in [0.717, 1.165) is 16.5 Å². The van der Waals surface area contributed by atoms with Gasteiger partial charge in [0.2, 0.25) is 5.91 Å². The van der Waals surface area contributed by atoms with Gasteiger partial charge in [-0.25, -0.2) is 0 Å². The van der Waals surface area contributed by atoms with Gasteiger partial charge < -0.3 is 15.8 Å². The molecule has 4 heteroatoms. The van der Waals surface area contributed by atoms with Gasteiger partial charge in [-0.15, -0.1) is 0 Å². The van der Waals surface area contributed by atoms with Crippen LogP contribution in [0.1, 0.15) is 6.92 Å². The van der Waals surface area contributed by atoms with Crippen molar-refractivity contribution in [3.63, 3.8) is 0 Å². The fourth-order valence-corrected chi connectivity index (χ4v) is 1.77. The lowest BCUT2D eigenvalue weighted by Crippen LogP contribution is -2.32. The van der Waals surface area contributed by atoms with Crippen molar-refractivity contribution in [1.29, 1.82) is 0 Å². The quantitative estimate of drug-likeness (QED) is 0.869. The highest BCUT2D eigenvalue weighted by Crippen LogP contribution is 2.29. The zero-order valence-electron chi connectivity index (χ0n) is 10.4. The number of carbonyl (C=O) groups is 1. The zero-order valence-corrected chi connectivity index (χ0v) is 10.4. The van der Waals surface area contributed by atoms with Gasteiger partial charge in [-0.3, -0.25) is 4.79 Å². The number of hydrogen-bond donors (Lipinski definition) is 2. The summed E-state index contributed by atoms with van der Waals surface area (Å²) in [5, 5.41) is 4.79. The van der Waals surface area contributed by atoms with Crippen molar-refractivity contribution in [1.82, 2.24) is 0 Å². The molecule has 3 N–H and O–H groups in total. The summed E-state index contributed by atoms with van der Waals surface area (Å²) in [5.74, 6) is 0.514. The average molecular weight is 244 g/mol. The van der Waals surface area contributed by atoms with Crippen LogP contribution in [-0.2, 0) is 4.79 Å². The molecule has 2 rings (SSSR count). The van der Waals surface area contributed by atoms with Crippen molar-refractivity contribution < 1.29 is 9.53 Å². The largest absolute Gasteiger partial charge is 0.496 e. The Bertz CT molecular complexity index is 579. The Hall–Kier alpha value is -2.07. The van der Waals surface area contributed by atoms with E-state index in [2.05, 4.69) is 5.32 Å². The SMILES string of the molecule is COc1cc(NC(=O)C(C)N)cc2ccccc12. The van der Waals surface area contributed by atoms with Crippen molar-refractivity contribution in [2.75, 3.05) is 12.4 Å². The number of nitrogens with one attached hydrogen (secondary N) is 1. The highest BCUT2D eigenvalue weighted by atomic mass is 16.5. The van der Waals surface area contributed by atoms with E-state index in [-0.39, 0.29) is 5.91 Å². The van der Waals surface area contributed by atoms with Crippen molar-refractivity contribution in [3.8, 4) is 5.75 Å². The lowest BCUT2D eigenvalue weighted by atomic mass is 10.1. The fraction of sp³-hybridized carbons (Fsp3) is 0.214. The van der Waals surface area contributed by atoms with Crippen LogP contribution in [0, 0.1) is 0 Å². The summed E-state index contributed by atoms with van der Waals surface area (Å²) in [6, 6.07) is 11.0. The summed E-state index contributed by atoms with van der Waals surface area (Å²) in [6.45, 7) is 1.65. The maximum absolute atomic E-state index is 11.6. The molecule has 2 aromatic rings. The zero-order chi connectivity index (χ0) is 13.1. The van der Waals surface area contributed by atoms with Gasteiger partial charge in [-0.2, -0.15) is 0 Å². The molecular formula is C14H16N2O2. The average Bonchev–Trinajstić information content (AvgIpc) is 2.37. The highest BCUT2D eigenvalue weighted by Gasteiger charge is 2.10. The Morgan fingerprint density at radius 2 is 2.06 bits per heavy atom. The molecule has 4 nitrogen and oxygen atoms in total. The number of nitrogens with two attached hydrogens (primary N) is 1. The van der Waals surface area contributed by atoms with E-state index in [0.29, 0.717) is 5.69 Å². The lowest BCUT2D eigenvalue weighted by Gasteiger charge is -2.11. The Kier molecular flexibility index (Phi) is 3.48. The first-order valence-corrected chi connectivity index (χ1v) is 5.75. The third-order valence-electron chi connectivity index (χ3n) is 2.72. The van der Waals surface area contributed by atoms with Gasteiger partial charge in [0.1, 0.15) is 5.75 Å². The van der Waals surface area contributed by atoms with Crippen molar-refractivity contribution in [2.45, 2.75) is 13.0 Å². The molecule has 1 unspecified atom stereocenters. The first-order chi connectivity index (χ1) is 8.61. The molecular weight excluding hydrogens is 228 g/mol. The van der Waals surface area contributed by atoms with Gasteiger partial charge in [0.25, 0.3) is 0 Å². The van der Waals surface area contributed by atoms with E-state index in [1.54, 1.807) is 20.1 Å². The van der Waals surface area contributed by atoms with E-state index in [1.165, 1.54) is 0 Å². The van der Waals surface area contributed by atoms with Crippen LogP contribution in [0.25, 0.3) is 10.8 Å². The second-order valence-corrected chi connectivity index (χ2v) is 4.18. The molecule has 0 aliphatic carbocycles. The minimum atomic E-state index is -0.539. The number of benzene rings is 2. The minimum absolute atomic E-state index is 0.215. The van der Waals surface area contributed by atoms with E-state index >= 15 is 0 Å². The van der Waals surface area contributed by atoms with Gasteiger partial charge in [0, 0.05) is 17.1 Å². The molecule has 0 saturated carbocycles. The highest BCUT2D eigenvalue weighted by molar-refractivity contribution is 5.98. The number of methoxy groups -OCH3 is 1. The third-order valence-corrected chi connectivity index (χ3v) is 2.72. The monoisotopic (exact) mass is 244 g/mol. The summed E-state index contributed by atoms with van der Waals surface area (Å²) in [5.41, 5.74) is 6.21. The van der Waals surface area contributed by atoms with E-state index in [4.69, 9.17) is 10.5 Å². The Morgan fingerprint density at radius 1 is 1.33 bits per heavy atom. The number of ether oxygens (including phenoxy) is 1. The lowest BCUT2D eigenvalue weighted by molar-refractivity contribution is -0.117. The number of rotatable bonds is 3. The molecule has 0 aliphatic rings. The minimum Gasteiger partial charge on any atom is -0.496 e. The van der Waals surface area contributed by atoms with Crippen LogP contribution in [-0.4, -0.2) is 19.1 Å². The second kappa shape index (κ2) is 5.06. The fourth-order valence-electron chi connectivity index (χ4n) is 1.77. The molecule has 2 aromatic carbocycles. The van der Waals surface area contributed by atoms with Crippen LogP contribution < -0.4 is 15.8 Å². The molecule has 0 saturated heterocycles. The number of carbonyl (C=O) groups excluding carboxylic acids is 1. The number of anilines is 1. The van der Waals surface area contributed by atoms with Crippen LogP contribution in [0.4, 0.5) is 5.69 Å². The molecule has 94 valence electrons. The Balaban J connectivity index is 2.44. The Morgan fingerprint density at radius 3 is 2.72 bits per heavy atom. The summed E-state index contributed by atoms with van der Waals surface area (Å²) in [4.78, 5) is 11.6. The smallest absolute Gasteiger partial charge is 0.241 e. The first-order valence-electron chi connectivity index (χ1n) is 5.75. The molecule has 0 fully saturated rings. The van der Waals surface area contributed by atoms with Crippen molar-refractivity contribution in [3.05, 3.63) is 36.4 Å². The van der Waals surface area contributed by atoms with Crippen molar-refractivity contribution >= 4 is 22.4 Å². The predicted molar refractivity (Wildman–Crippen MR) is 72.8 cm³/mol. The summed E-state index contributed by atoms with van der Waals surface area (Å²) < 4.78 is 5.33. The van der Waals surface area contributed by atoms with Crippen LogP contribution in [0.2, 0.25) is 0 Å². The normalized spacial score (nSPS) is 12.2. The molecule has 0 aliphatic heterocycles. The van der Waals surface area contributed by atoms with Gasteiger partial charge in [-0.1, -0.05) is 24.3 Å². The summed E-state index contributed by atoms with van der Waals surface area (Å²) in [7, 11) is 1.61. The van der Waals surface area contributed by atoms with Crippen LogP contribution in [0.15, 0.2) is 36.4 Å². The Labute approximate surface area is 106 Å². The van der Waals surface area contributed by atoms with Crippen LogP contribution >= 0.6 is 0 Å². The van der Waals surface area contributed by atoms with Crippen LogP contribution in [0.3, 0.4) is 0 Å². The van der Waals surface area contributed by atoms with Crippen LogP contribution in [0.5, 0.6) is 5.75 Å². The molecule has 0 aromatic heterocycles. The standard InChI is InChI=1S/C14H16N2O2/c1-9(15)14(17)16-11-7-10-5-3-4-6-12(10)13(8-11)18-2/h3-9H,15H2,1-2H3,(H,16,17). The maximum Gasteiger partial charge on any atom is 0.241 e. The first kappa shape index (κ1) is 12.4. The van der Waals surface area contributed by atoms with E-state index in [1.807, 2.05) is 30.3 Å². The van der Waals surface area contributed by atoms with Gasteiger partial charge in [0.05, 0.1) is 13.2 Å². The van der Waals surface area contributed by atoms with Gasteiger partial charge in [0.15, 0.2) is 0 Å². The molecule has 0 heterocycles. The number of amides is 1. The molecule has 18 heavy (non-hydrogen) atoms. The predicted octanol–water partition coefficient (Wildman–Crippen LogP) is 2.13. The van der Waals surface area contributed by atoms with Gasteiger partial charge >= 0.3 is 0 Å². The van der Waals surface area contributed by atoms with E-state index < -0.39 is 6.04 Å². The molecule has 1 amide bonds. The summed E-state index contributed by atoms with van der Waals surface area (Å²) >= 11 is 0. The molecule has 0 bridgehead atoms. The van der Waals surface area contributed by atoms with E-state index in [9.17, 15) is 4.79 Å². The summed E-state index contributed by atoms with van der Waals surface area (Å²) in [6.07, 6.45) is 0. The second-order valence-electron chi connectivity index (χ2n) is 4.18. The van der Waals surface area contributed by atoms with Gasteiger partial charge in [-0.05, 0) is 18.4 Å². The third kappa shape index (κ3) is 2.43.